The van der Waals surface area contributed by atoms with Gasteiger partial charge in [-0.15, -0.1) is 11.8 Å². The number of primary amides is 1. The highest BCUT2D eigenvalue weighted by Gasteiger charge is 2.22. The summed E-state index contributed by atoms with van der Waals surface area (Å²) in [5, 5.41) is 0.798. The first-order valence-corrected chi connectivity index (χ1v) is 6.15. The molecule has 2 N–H and O–H groups in total. The van der Waals surface area contributed by atoms with Gasteiger partial charge in [0, 0.05) is 5.41 Å². The van der Waals surface area contributed by atoms with Gasteiger partial charge in [-0.1, -0.05) is 27.7 Å². The minimum absolute atomic E-state index is 0.0827. The number of amides is 1. The molecule has 0 spiro atoms. The van der Waals surface area contributed by atoms with Gasteiger partial charge in [-0.3, -0.25) is 9.78 Å². The number of hydrogen-bond donors (Lipinski definition) is 1. The number of carbonyl (C=O) groups is 1. The van der Waals surface area contributed by atoms with Crippen molar-refractivity contribution < 1.29 is 4.79 Å². The van der Waals surface area contributed by atoms with Crippen LogP contribution in [0.2, 0.25) is 0 Å². The van der Waals surface area contributed by atoms with E-state index in [-0.39, 0.29) is 11.1 Å². The summed E-state index contributed by atoms with van der Waals surface area (Å²) in [7, 11) is 0. The van der Waals surface area contributed by atoms with Crippen LogP contribution in [0.1, 0.15) is 43.9 Å². The summed E-state index contributed by atoms with van der Waals surface area (Å²) >= 11 is 1.58. The summed E-state index contributed by atoms with van der Waals surface area (Å²) in [4.78, 5) is 19.6. The zero-order chi connectivity index (χ0) is 12.3. The summed E-state index contributed by atoms with van der Waals surface area (Å²) in [5.41, 5.74) is 6.24. The van der Waals surface area contributed by atoms with Crippen LogP contribution in [0.25, 0.3) is 0 Å². The number of rotatable bonds is 3. The summed E-state index contributed by atoms with van der Waals surface area (Å²) < 4.78 is 0. The number of nitrogens with zero attached hydrogens (tertiary/aromatic N) is 2. The third-order valence-corrected chi connectivity index (χ3v) is 2.83. The second-order valence-corrected chi connectivity index (χ2v) is 5.71. The van der Waals surface area contributed by atoms with Crippen molar-refractivity contribution in [2.24, 2.45) is 5.73 Å². The fraction of sp³-hybridized carbons (Fsp3) is 0.545. The predicted molar refractivity (Wildman–Crippen MR) is 65.6 cm³/mol. The van der Waals surface area contributed by atoms with Crippen molar-refractivity contribution in [3.63, 3.8) is 0 Å². The Bertz CT molecular complexity index is 399. The van der Waals surface area contributed by atoms with Crippen molar-refractivity contribution in [2.75, 3.05) is 5.75 Å². The normalized spacial score (nSPS) is 11.5. The topological polar surface area (TPSA) is 68.9 Å². The molecule has 1 aromatic rings. The van der Waals surface area contributed by atoms with E-state index >= 15 is 0 Å². The van der Waals surface area contributed by atoms with Crippen molar-refractivity contribution in [1.29, 1.82) is 0 Å². The standard InChI is InChI=1S/C11H17N3OS/c1-5-16-10-8(11(2,3)4)13-6-7(14-10)9(12)15/h6H,5H2,1-4H3,(H2,12,15). The molecule has 0 saturated carbocycles. The summed E-state index contributed by atoms with van der Waals surface area (Å²) in [6.45, 7) is 8.25. The molecule has 16 heavy (non-hydrogen) atoms. The Kier molecular flexibility index (Phi) is 3.91. The molecule has 0 saturated heterocycles. The molecule has 0 aromatic carbocycles. The minimum Gasteiger partial charge on any atom is -0.364 e. The van der Waals surface area contributed by atoms with Crippen LogP contribution in [-0.4, -0.2) is 21.6 Å². The van der Waals surface area contributed by atoms with Gasteiger partial charge in [-0.25, -0.2) is 4.98 Å². The molecule has 1 heterocycles. The fourth-order valence-corrected chi connectivity index (χ4v) is 2.17. The second kappa shape index (κ2) is 4.82. The minimum atomic E-state index is -0.536. The molecule has 1 rings (SSSR count). The molecule has 0 aliphatic rings. The smallest absolute Gasteiger partial charge is 0.268 e. The number of hydrogen-bond acceptors (Lipinski definition) is 4. The van der Waals surface area contributed by atoms with E-state index in [0.29, 0.717) is 0 Å². The van der Waals surface area contributed by atoms with Crippen LogP contribution in [0, 0.1) is 0 Å². The lowest BCUT2D eigenvalue weighted by Crippen LogP contribution is -2.20. The first kappa shape index (κ1) is 13.0. The SMILES string of the molecule is CCSc1nc(C(N)=O)cnc1C(C)(C)C. The van der Waals surface area contributed by atoms with E-state index in [1.54, 1.807) is 11.8 Å². The van der Waals surface area contributed by atoms with Gasteiger partial charge in [0.2, 0.25) is 0 Å². The van der Waals surface area contributed by atoms with E-state index in [4.69, 9.17) is 5.73 Å². The number of thioether (sulfide) groups is 1. The Morgan fingerprint density at radius 1 is 1.50 bits per heavy atom. The van der Waals surface area contributed by atoms with Gasteiger partial charge < -0.3 is 5.73 Å². The molecular weight excluding hydrogens is 222 g/mol. The fourth-order valence-electron chi connectivity index (χ4n) is 1.24. The quantitative estimate of drug-likeness (QED) is 0.819. The van der Waals surface area contributed by atoms with E-state index in [1.807, 2.05) is 6.92 Å². The molecule has 5 heteroatoms. The maximum atomic E-state index is 11.0. The Morgan fingerprint density at radius 2 is 2.12 bits per heavy atom. The van der Waals surface area contributed by atoms with Gasteiger partial charge in [-0.05, 0) is 5.75 Å². The average molecular weight is 239 g/mol. The Hall–Kier alpha value is -1.10. The third-order valence-electron chi connectivity index (χ3n) is 1.98. The Labute approximate surface area is 100 Å². The maximum absolute atomic E-state index is 11.0. The average Bonchev–Trinajstić information content (AvgIpc) is 2.16. The van der Waals surface area contributed by atoms with Crippen LogP contribution < -0.4 is 5.73 Å². The largest absolute Gasteiger partial charge is 0.364 e. The first-order chi connectivity index (χ1) is 7.36. The van der Waals surface area contributed by atoms with Gasteiger partial charge >= 0.3 is 0 Å². The summed E-state index contributed by atoms with van der Waals surface area (Å²) in [5.74, 6) is 0.353. The molecule has 1 aromatic heterocycles. The van der Waals surface area contributed by atoms with E-state index in [0.717, 1.165) is 16.5 Å². The van der Waals surface area contributed by atoms with Crippen LogP contribution >= 0.6 is 11.8 Å². The van der Waals surface area contributed by atoms with Crippen LogP contribution in [-0.2, 0) is 5.41 Å². The van der Waals surface area contributed by atoms with Gasteiger partial charge in [0.25, 0.3) is 5.91 Å². The van der Waals surface area contributed by atoms with Crippen molar-refractivity contribution in [3.05, 3.63) is 17.6 Å². The molecular formula is C11H17N3OS. The summed E-state index contributed by atoms with van der Waals surface area (Å²) in [6.07, 6.45) is 1.45. The van der Waals surface area contributed by atoms with E-state index in [1.165, 1.54) is 6.20 Å². The molecule has 0 aliphatic carbocycles. The number of nitrogens with two attached hydrogens (primary N) is 1. The third kappa shape index (κ3) is 2.95. The van der Waals surface area contributed by atoms with Gasteiger partial charge in [0.15, 0.2) is 0 Å². The molecule has 0 radical (unpaired) electrons. The van der Waals surface area contributed by atoms with Crippen molar-refractivity contribution in [2.45, 2.75) is 38.1 Å². The molecule has 0 fully saturated rings. The Morgan fingerprint density at radius 3 is 2.56 bits per heavy atom. The zero-order valence-electron chi connectivity index (χ0n) is 10.1. The first-order valence-electron chi connectivity index (χ1n) is 5.16. The molecule has 4 nitrogen and oxygen atoms in total. The van der Waals surface area contributed by atoms with Gasteiger partial charge in [0.1, 0.15) is 10.7 Å². The molecule has 88 valence electrons. The molecule has 1 amide bonds. The van der Waals surface area contributed by atoms with Gasteiger partial charge in [-0.2, -0.15) is 0 Å². The zero-order valence-corrected chi connectivity index (χ0v) is 10.9. The number of carbonyl (C=O) groups excluding carboxylic acids is 1. The number of aromatic nitrogens is 2. The molecule has 0 aliphatic heterocycles. The van der Waals surface area contributed by atoms with E-state index < -0.39 is 5.91 Å². The van der Waals surface area contributed by atoms with E-state index in [2.05, 4.69) is 30.7 Å². The lowest BCUT2D eigenvalue weighted by atomic mass is 9.92. The van der Waals surface area contributed by atoms with Crippen LogP contribution in [0.5, 0.6) is 0 Å². The van der Waals surface area contributed by atoms with Crippen molar-refractivity contribution in [3.8, 4) is 0 Å². The maximum Gasteiger partial charge on any atom is 0.268 e. The van der Waals surface area contributed by atoms with Crippen molar-refractivity contribution in [1.82, 2.24) is 9.97 Å². The van der Waals surface area contributed by atoms with Crippen LogP contribution in [0.3, 0.4) is 0 Å². The van der Waals surface area contributed by atoms with E-state index in [9.17, 15) is 4.79 Å². The molecule has 0 unspecified atom stereocenters. The highest BCUT2D eigenvalue weighted by Crippen LogP contribution is 2.29. The molecule has 0 atom stereocenters. The second-order valence-electron chi connectivity index (χ2n) is 4.46. The predicted octanol–water partition coefficient (Wildman–Crippen LogP) is 1.99. The lowest BCUT2D eigenvalue weighted by molar-refractivity contribution is 0.0994. The van der Waals surface area contributed by atoms with Crippen LogP contribution in [0.4, 0.5) is 0 Å². The highest BCUT2D eigenvalue weighted by molar-refractivity contribution is 7.99. The Balaban J connectivity index is 3.24. The van der Waals surface area contributed by atoms with Crippen molar-refractivity contribution >= 4 is 17.7 Å². The van der Waals surface area contributed by atoms with Gasteiger partial charge in [0.05, 0.1) is 11.9 Å². The summed E-state index contributed by atoms with van der Waals surface area (Å²) in [6, 6.07) is 0. The van der Waals surface area contributed by atoms with Crippen LogP contribution in [0.15, 0.2) is 11.2 Å². The highest BCUT2D eigenvalue weighted by atomic mass is 32.2. The molecule has 0 bridgehead atoms. The lowest BCUT2D eigenvalue weighted by Gasteiger charge is -2.20. The monoisotopic (exact) mass is 239 g/mol.